The van der Waals surface area contributed by atoms with Crippen LogP contribution >= 0.6 is 0 Å². The zero-order chi connectivity index (χ0) is 7.86. The molecule has 0 atom stereocenters. The van der Waals surface area contributed by atoms with E-state index in [9.17, 15) is 9.59 Å². The van der Waals surface area contributed by atoms with Crippen LogP contribution in [0.15, 0.2) is 13.2 Å². The maximum absolute atomic E-state index is 9.43. The SMILES string of the molecule is C=C.O=C(O)CC(=O)O. The van der Waals surface area contributed by atoms with Crippen LogP contribution in [0.4, 0.5) is 0 Å². The van der Waals surface area contributed by atoms with Gasteiger partial charge < -0.3 is 10.2 Å². The number of rotatable bonds is 2. The van der Waals surface area contributed by atoms with Crippen molar-refractivity contribution in [1.29, 1.82) is 0 Å². The Morgan fingerprint density at radius 1 is 1.11 bits per heavy atom. The molecule has 0 aliphatic heterocycles. The number of hydrogen-bond donors (Lipinski definition) is 2. The molecule has 0 saturated heterocycles. The number of carboxylic acid groups (broad SMARTS) is 2. The van der Waals surface area contributed by atoms with Gasteiger partial charge >= 0.3 is 11.9 Å². The van der Waals surface area contributed by atoms with Gasteiger partial charge in [-0.05, 0) is 0 Å². The first-order valence-corrected chi connectivity index (χ1v) is 2.06. The Hall–Kier alpha value is -1.32. The summed E-state index contributed by atoms with van der Waals surface area (Å²) in [6.45, 7) is 6.00. The second kappa shape index (κ2) is 6.68. The van der Waals surface area contributed by atoms with Crippen molar-refractivity contribution < 1.29 is 19.8 Å². The molecule has 0 aliphatic rings. The molecule has 9 heavy (non-hydrogen) atoms. The van der Waals surface area contributed by atoms with Gasteiger partial charge in [-0.1, -0.05) is 0 Å². The van der Waals surface area contributed by atoms with Gasteiger partial charge in [0.25, 0.3) is 0 Å². The number of carbonyl (C=O) groups is 2. The first-order valence-electron chi connectivity index (χ1n) is 2.06. The van der Waals surface area contributed by atoms with Crippen molar-refractivity contribution in [3.63, 3.8) is 0 Å². The van der Waals surface area contributed by atoms with Gasteiger partial charge in [0, 0.05) is 0 Å². The van der Waals surface area contributed by atoms with Crippen LogP contribution in [0.25, 0.3) is 0 Å². The van der Waals surface area contributed by atoms with Crippen LogP contribution in [0.1, 0.15) is 6.42 Å². The zero-order valence-corrected chi connectivity index (χ0v) is 4.83. The van der Waals surface area contributed by atoms with Gasteiger partial charge in [0.2, 0.25) is 0 Å². The highest BCUT2D eigenvalue weighted by atomic mass is 16.4. The van der Waals surface area contributed by atoms with Crippen molar-refractivity contribution in [2.45, 2.75) is 6.42 Å². The second-order valence-electron chi connectivity index (χ2n) is 0.964. The normalized spacial score (nSPS) is 6.67. The Kier molecular flexibility index (Phi) is 7.88. The van der Waals surface area contributed by atoms with Crippen LogP contribution in [0, 0.1) is 0 Å². The van der Waals surface area contributed by atoms with Gasteiger partial charge in [0.15, 0.2) is 0 Å². The van der Waals surface area contributed by atoms with Gasteiger partial charge in [0.1, 0.15) is 6.42 Å². The Labute approximate surface area is 52.4 Å². The van der Waals surface area contributed by atoms with E-state index in [1.807, 2.05) is 0 Å². The average Bonchev–Trinajstić information content (AvgIpc) is 1.68. The lowest BCUT2D eigenvalue weighted by Gasteiger charge is -1.80. The first-order chi connectivity index (χ1) is 4.13. The van der Waals surface area contributed by atoms with E-state index < -0.39 is 18.4 Å². The highest BCUT2D eigenvalue weighted by Crippen LogP contribution is 1.74. The molecule has 0 heterocycles. The van der Waals surface area contributed by atoms with Crippen molar-refractivity contribution in [2.24, 2.45) is 0 Å². The summed E-state index contributed by atoms with van der Waals surface area (Å²) in [6, 6.07) is 0. The fraction of sp³-hybridized carbons (Fsp3) is 0.200. The van der Waals surface area contributed by atoms with Crippen LogP contribution < -0.4 is 0 Å². The van der Waals surface area contributed by atoms with Crippen molar-refractivity contribution in [3.8, 4) is 0 Å². The summed E-state index contributed by atoms with van der Waals surface area (Å²) in [4.78, 5) is 18.9. The smallest absolute Gasteiger partial charge is 0.314 e. The van der Waals surface area contributed by atoms with E-state index >= 15 is 0 Å². The van der Waals surface area contributed by atoms with Gasteiger partial charge in [-0.3, -0.25) is 9.59 Å². The minimum absolute atomic E-state index is 0.806. The molecule has 0 aromatic carbocycles. The summed E-state index contributed by atoms with van der Waals surface area (Å²) in [5.41, 5.74) is 0. The van der Waals surface area contributed by atoms with Crippen molar-refractivity contribution in [3.05, 3.63) is 13.2 Å². The van der Waals surface area contributed by atoms with Crippen molar-refractivity contribution in [1.82, 2.24) is 0 Å². The standard InChI is InChI=1S/C3H4O4.C2H4/c4-2(5)1-3(6)7;1-2/h1H2,(H,4,5)(H,6,7);1-2H2. The monoisotopic (exact) mass is 132 g/mol. The Morgan fingerprint density at radius 3 is 1.33 bits per heavy atom. The third-order valence-electron chi connectivity index (χ3n) is 0.302. The topological polar surface area (TPSA) is 74.6 Å². The Bertz CT molecular complexity index is 95.5. The van der Waals surface area contributed by atoms with Gasteiger partial charge in [-0.25, -0.2) is 0 Å². The van der Waals surface area contributed by atoms with Gasteiger partial charge in [0.05, 0.1) is 0 Å². The summed E-state index contributed by atoms with van der Waals surface area (Å²) in [5.74, 6) is -2.62. The van der Waals surface area contributed by atoms with Crippen LogP contribution in [-0.2, 0) is 9.59 Å². The van der Waals surface area contributed by atoms with Gasteiger partial charge in [-0.2, -0.15) is 0 Å². The van der Waals surface area contributed by atoms with E-state index in [1.165, 1.54) is 0 Å². The molecular weight excluding hydrogens is 124 g/mol. The number of hydrogen-bond acceptors (Lipinski definition) is 2. The molecule has 0 rings (SSSR count). The largest absolute Gasteiger partial charge is 0.481 e. The minimum atomic E-state index is -1.31. The predicted octanol–water partition coefficient (Wildman–Crippen LogP) is 0.348. The molecule has 0 saturated carbocycles. The molecule has 4 heteroatoms. The molecule has 4 nitrogen and oxygen atoms in total. The minimum Gasteiger partial charge on any atom is -0.481 e. The fourth-order valence-corrected chi connectivity index (χ4v) is 0.129. The molecule has 0 aromatic rings. The van der Waals surface area contributed by atoms with Crippen molar-refractivity contribution in [2.75, 3.05) is 0 Å². The third-order valence-corrected chi connectivity index (χ3v) is 0.302. The highest BCUT2D eigenvalue weighted by Gasteiger charge is 2.01. The van der Waals surface area contributed by atoms with Crippen LogP contribution in [0.3, 0.4) is 0 Å². The third kappa shape index (κ3) is 20.4. The van der Waals surface area contributed by atoms with E-state index in [0.717, 1.165) is 0 Å². The summed E-state index contributed by atoms with van der Waals surface area (Å²) >= 11 is 0. The molecule has 0 spiro atoms. The summed E-state index contributed by atoms with van der Waals surface area (Å²) in [6.07, 6.45) is -0.806. The lowest BCUT2D eigenvalue weighted by molar-refractivity contribution is -0.147. The highest BCUT2D eigenvalue weighted by molar-refractivity contribution is 5.88. The number of carboxylic acids is 2. The van der Waals surface area contributed by atoms with Crippen LogP contribution in [0.2, 0.25) is 0 Å². The van der Waals surface area contributed by atoms with Gasteiger partial charge in [-0.15, -0.1) is 13.2 Å². The molecule has 0 amide bonds. The number of aliphatic carboxylic acids is 2. The summed E-state index contributed by atoms with van der Waals surface area (Å²) < 4.78 is 0. The van der Waals surface area contributed by atoms with E-state index in [0.29, 0.717) is 0 Å². The lowest BCUT2D eigenvalue weighted by atomic mass is 10.5. The molecule has 0 aliphatic carbocycles. The Morgan fingerprint density at radius 2 is 1.33 bits per heavy atom. The lowest BCUT2D eigenvalue weighted by Crippen LogP contribution is -2.03. The average molecular weight is 132 g/mol. The molecule has 0 radical (unpaired) electrons. The molecule has 52 valence electrons. The maximum Gasteiger partial charge on any atom is 0.314 e. The van der Waals surface area contributed by atoms with Crippen molar-refractivity contribution >= 4 is 11.9 Å². The summed E-state index contributed by atoms with van der Waals surface area (Å²) in [5, 5.41) is 15.4. The van der Waals surface area contributed by atoms with E-state index in [1.54, 1.807) is 0 Å². The predicted molar refractivity (Wildman–Crippen MR) is 31.1 cm³/mol. The maximum atomic E-state index is 9.43. The quantitative estimate of drug-likeness (QED) is 0.420. The summed E-state index contributed by atoms with van der Waals surface area (Å²) in [7, 11) is 0. The molecular formula is C5H8O4. The fourth-order valence-electron chi connectivity index (χ4n) is 0.129. The van der Waals surface area contributed by atoms with E-state index in [4.69, 9.17) is 10.2 Å². The zero-order valence-electron chi connectivity index (χ0n) is 4.83. The first kappa shape index (κ1) is 10.6. The second-order valence-corrected chi connectivity index (χ2v) is 0.964. The van der Waals surface area contributed by atoms with Crippen LogP contribution in [0.5, 0.6) is 0 Å². The molecule has 0 bridgehead atoms. The van der Waals surface area contributed by atoms with Crippen LogP contribution in [-0.4, -0.2) is 22.2 Å². The molecule has 2 N–H and O–H groups in total. The molecule has 0 fully saturated rings. The Balaban J connectivity index is 0. The van der Waals surface area contributed by atoms with E-state index in [2.05, 4.69) is 13.2 Å². The molecule has 0 unspecified atom stereocenters. The van der Waals surface area contributed by atoms with E-state index in [-0.39, 0.29) is 0 Å². The molecule has 0 aromatic heterocycles.